The Morgan fingerprint density at radius 3 is 2.76 bits per heavy atom. The first-order valence-corrected chi connectivity index (χ1v) is 9.90. The van der Waals surface area contributed by atoms with Crippen LogP contribution in [0.3, 0.4) is 0 Å². The van der Waals surface area contributed by atoms with Crippen LogP contribution in [0.15, 0.2) is 57.2 Å². The van der Waals surface area contributed by atoms with Crippen LogP contribution in [0.5, 0.6) is 5.75 Å². The molecule has 0 unspecified atom stereocenters. The third-order valence-corrected chi connectivity index (χ3v) is 4.83. The first-order chi connectivity index (χ1) is 13.9. The van der Waals surface area contributed by atoms with Gasteiger partial charge in [-0.15, -0.1) is 4.68 Å². The van der Waals surface area contributed by atoms with E-state index in [1.54, 1.807) is 56.3 Å². The van der Waals surface area contributed by atoms with Crippen LogP contribution in [0, 0.1) is 3.57 Å². The van der Waals surface area contributed by atoms with Crippen LogP contribution >= 0.6 is 22.6 Å². The number of hydrogen-bond acceptors (Lipinski definition) is 6. The van der Waals surface area contributed by atoms with E-state index in [1.807, 2.05) is 0 Å². The number of ether oxygens (including phenoxy) is 2. The van der Waals surface area contributed by atoms with E-state index < -0.39 is 23.3 Å². The smallest absolute Gasteiger partial charge is 0.349 e. The minimum Gasteiger partial charge on any atom is -0.478 e. The number of nitrogens with one attached hydrogen (secondary N) is 1. The van der Waals surface area contributed by atoms with Crippen molar-refractivity contribution >= 4 is 45.7 Å². The highest BCUT2D eigenvalue weighted by molar-refractivity contribution is 14.1. The lowest BCUT2D eigenvalue weighted by Crippen LogP contribution is -2.32. The molecular formula is C20H18IN3O5. The standard InChI is InChI=1S/C20H18IN3O5/c1-3-28-19(26)12(2)29-17-9-8-13(10-15(17)21)11-22-24-18(25)14-6-4-5-7-16(14)23-20(24)27/h4-12H,3H2,1-2H3,(H,23,27)/t12-/m1/s1. The molecular weight excluding hydrogens is 489 g/mol. The van der Waals surface area contributed by atoms with Gasteiger partial charge in [-0.05, 0) is 72.3 Å². The lowest BCUT2D eigenvalue weighted by atomic mass is 10.2. The molecule has 1 aromatic heterocycles. The highest BCUT2D eigenvalue weighted by Gasteiger charge is 2.17. The number of benzene rings is 2. The first kappa shape index (κ1) is 20.8. The van der Waals surface area contributed by atoms with Gasteiger partial charge in [0.15, 0.2) is 6.10 Å². The summed E-state index contributed by atoms with van der Waals surface area (Å²) < 4.78 is 12.1. The van der Waals surface area contributed by atoms with Gasteiger partial charge in [-0.2, -0.15) is 5.10 Å². The normalized spacial score (nSPS) is 12.2. The minimum absolute atomic E-state index is 0.284. The van der Waals surface area contributed by atoms with Crippen LogP contribution in [-0.2, 0) is 9.53 Å². The zero-order valence-electron chi connectivity index (χ0n) is 15.7. The lowest BCUT2D eigenvalue weighted by molar-refractivity contribution is -0.150. The second-order valence-corrected chi connectivity index (χ2v) is 7.20. The highest BCUT2D eigenvalue weighted by atomic mass is 127. The summed E-state index contributed by atoms with van der Waals surface area (Å²) in [6, 6.07) is 11.9. The maximum Gasteiger partial charge on any atom is 0.349 e. The van der Waals surface area contributed by atoms with Gasteiger partial charge in [-0.25, -0.2) is 9.59 Å². The number of carbonyl (C=O) groups is 1. The van der Waals surface area contributed by atoms with Crippen LogP contribution in [0.2, 0.25) is 0 Å². The van der Waals surface area contributed by atoms with Gasteiger partial charge in [0.05, 0.1) is 27.3 Å². The number of esters is 1. The van der Waals surface area contributed by atoms with Gasteiger partial charge in [0, 0.05) is 0 Å². The van der Waals surface area contributed by atoms with Crippen LogP contribution in [0.25, 0.3) is 10.9 Å². The first-order valence-electron chi connectivity index (χ1n) is 8.82. The maximum absolute atomic E-state index is 12.5. The van der Waals surface area contributed by atoms with E-state index in [0.29, 0.717) is 22.2 Å². The zero-order valence-corrected chi connectivity index (χ0v) is 17.9. The van der Waals surface area contributed by atoms with Gasteiger partial charge in [-0.1, -0.05) is 12.1 Å². The Balaban J connectivity index is 1.84. The summed E-state index contributed by atoms with van der Waals surface area (Å²) in [5.41, 5.74) is -0.00732. The molecule has 0 bridgehead atoms. The van der Waals surface area contributed by atoms with E-state index in [1.165, 1.54) is 6.21 Å². The van der Waals surface area contributed by atoms with E-state index in [9.17, 15) is 14.4 Å². The Bertz CT molecular complexity index is 1200. The van der Waals surface area contributed by atoms with Crippen LogP contribution in [-0.4, -0.2) is 34.6 Å². The number of nitrogens with zero attached hydrogens (tertiary/aromatic N) is 2. The van der Waals surface area contributed by atoms with Crippen molar-refractivity contribution in [3.63, 3.8) is 0 Å². The molecule has 29 heavy (non-hydrogen) atoms. The molecule has 8 nitrogen and oxygen atoms in total. The number of aromatic nitrogens is 2. The van der Waals surface area contributed by atoms with Crippen molar-refractivity contribution in [1.82, 2.24) is 9.66 Å². The molecule has 0 aliphatic carbocycles. The van der Waals surface area contributed by atoms with E-state index in [0.717, 1.165) is 8.25 Å². The van der Waals surface area contributed by atoms with E-state index in [-0.39, 0.29) is 6.61 Å². The highest BCUT2D eigenvalue weighted by Crippen LogP contribution is 2.23. The van der Waals surface area contributed by atoms with Gasteiger partial charge in [0.1, 0.15) is 5.75 Å². The predicted molar refractivity (Wildman–Crippen MR) is 118 cm³/mol. The Labute approximate surface area is 179 Å². The average Bonchev–Trinajstić information content (AvgIpc) is 2.70. The Kier molecular flexibility index (Phi) is 6.47. The Hall–Kier alpha value is -2.95. The molecule has 0 spiro atoms. The van der Waals surface area contributed by atoms with Crippen LogP contribution in [0.1, 0.15) is 19.4 Å². The molecule has 0 fully saturated rings. The SMILES string of the molecule is CCOC(=O)[C@@H](C)Oc1ccc(C=Nn2c(=O)[nH]c3ccccc3c2=O)cc1I. The predicted octanol–water partition coefficient (Wildman–Crippen LogP) is 2.51. The quantitative estimate of drug-likeness (QED) is 0.314. The lowest BCUT2D eigenvalue weighted by Gasteiger charge is -2.14. The van der Waals surface area contributed by atoms with Gasteiger partial charge >= 0.3 is 11.7 Å². The summed E-state index contributed by atoms with van der Waals surface area (Å²) in [5, 5.41) is 4.40. The Morgan fingerprint density at radius 1 is 1.28 bits per heavy atom. The van der Waals surface area contributed by atoms with Crippen LogP contribution < -0.4 is 16.0 Å². The summed E-state index contributed by atoms with van der Waals surface area (Å²) in [4.78, 5) is 39.0. The monoisotopic (exact) mass is 507 g/mol. The number of rotatable bonds is 6. The van der Waals surface area contributed by atoms with Gasteiger partial charge in [0.25, 0.3) is 5.56 Å². The molecule has 0 saturated carbocycles. The van der Waals surface area contributed by atoms with Gasteiger partial charge in [0.2, 0.25) is 0 Å². The van der Waals surface area contributed by atoms with Gasteiger partial charge in [-0.3, -0.25) is 4.79 Å². The molecule has 1 heterocycles. The molecule has 3 aromatic rings. The summed E-state index contributed by atoms with van der Waals surface area (Å²) >= 11 is 2.07. The van der Waals surface area contributed by atoms with Crippen molar-refractivity contribution in [3.8, 4) is 5.75 Å². The van der Waals surface area contributed by atoms with Crippen molar-refractivity contribution in [1.29, 1.82) is 0 Å². The number of para-hydroxylation sites is 1. The molecule has 2 aromatic carbocycles. The molecule has 3 rings (SSSR count). The van der Waals surface area contributed by atoms with Crippen molar-refractivity contribution in [2.24, 2.45) is 5.10 Å². The molecule has 9 heteroatoms. The van der Waals surface area contributed by atoms with Crippen LogP contribution in [0.4, 0.5) is 0 Å². The topological polar surface area (TPSA) is 103 Å². The molecule has 0 radical (unpaired) electrons. The van der Waals surface area contributed by atoms with E-state index >= 15 is 0 Å². The number of halogens is 1. The molecule has 0 aliphatic rings. The molecule has 1 N–H and O–H groups in total. The second-order valence-electron chi connectivity index (χ2n) is 6.04. The molecule has 150 valence electrons. The molecule has 0 saturated heterocycles. The fourth-order valence-corrected chi connectivity index (χ4v) is 3.24. The second kappa shape index (κ2) is 9.03. The summed E-state index contributed by atoms with van der Waals surface area (Å²) in [6.45, 7) is 3.63. The fraction of sp³-hybridized carbons (Fsp3) is 0.200. The third kappa shape index (κ3) is 4.73. The van der Waals surface area contributed by atoms with E-state index in [2.05, 4.69) is 32.7 Å². The third-order valence-electron chi connectivity index (χ3n) is 3.98. The zero-order chi connectivity index (χ0) is 21.0. The molecule has 0 amide bonds. The number of aromatic amines is 1. The molecule has 1 atom stereocenters. The van der Waals surface area contributed by atoms with E-state index in [4.69, 9.17) is 9.47 Å². The Morgan fingerprint density at radius 2 is 2.03 bits per heavy atom. The van der Waals surface area contributed by atoms with Crippen molar-refractivity contribution < 1.29 is 14.3 Å². The minimum atomic E-state index is -0.738. The van der Waals surface area contributed by atoms with Crippen molar-refractivity contribution in [2.45, 2.75) is 20.0 Å². The number of carbonyl (C=O) groups excluding carboxylic acids is 1. The average molecular weight is 507 g/mol. The number of H-pyrrole nitrogens is 1. The summed E-state index contributed by atoms with van der Waals surface area (Å²) in [6.07, 6.45) is 0.671. The maximum atomic E-state index is 12.5. The summed E-state index contributed by atoms with van der Waals surface area (Å²) in [5.74, 6) is 0.0767. The largest absolute Gasteiger partial charge is 0.478 e. The number of hydrogen-bond donors (Lipinski definition) is 1. The van der Waals surface area contributed by atoms with Gasteiger partial charge < -0.3 is 14.5 Å². The fourth-order valence-electron chi connectivity index (χ4n) is 2.57. The van der Waals surface area contributed by atoms with Crippen molar-refractivity contribution in [3.05, 3.63) is 72.4 Å². The number of fused-ring (bicyclic) bond motifs is 1. The molecule has 0 aliphatic heterocycles. The van der Waals surface area contributed by atoms with Crippen molar-refractivity contribution in [2.75, 3.05) is 6.61 Å². The summed E-state index contributed by atoms with van der Waals surface area (Å²) in [7, 11) is 0.